The summed E-state index contributed by atoms with van der Waals surface area (Å²) >= 11 is 0. The van der Waals surface area contributed by atoms with E-state index in [-0.39, 0.29) is 31.5 Å². The summed E-state index contributed by atoms with van der Waals surface area (Å²) in [7, 11) is -9.78. The number of carbonyl (C=O) groups excluding carboxylic acids is 3. The van der Waals surface area contributed by atoms with E-state index in [2.05, 4.69) is 95.8 Å². The molecule has 0 radical (unpaired) electrons. The van der Waals surface area contributed by atoms with Crippen LogP contribution in [0.4, 0.5) is 0 Å². The lowest BCUT2D eigenvalue weighted by Crippen LogP contribution is -2.30. The Bertz CT molecular complexity index is 1520. The molecule has 0 fully saturated rings. The van der Waals surface area contributed by atoms with Gasteiger partial charge in [-0.25, -0.2) is 9.13 Å². The van der Waals surface area contributed by atoms with Gasteiger partial charge in [0.2, 0.25) is 0 Å². The number of ketones is 1. The maximum atomic E-state index is 12.6. The normalized spacial score (nSPS) is 14.8. The van der Waals surface area contributed by atoms with Gasteiger partial charge in [0.15, 0.2) is 11.9 Å². The van der Waals surface area contributed by atoms with E-state index in [4.69, 9.17) is 23.8 Å². The molecule has 0 aliphatic carbocycles. The lowest BCUT2D eigenvalue weighted by atomic mass is 10.1. The van der Waals surface area contributed by atoms with E-state index in [0.29, 0.717) is 6.42 Å². The molecule has 0 aliphatic rings. The number of rotatable bonds is 40. The Kier molecular flexibility index (Phi) is 38.3. The first-order valence-corrected chi connectivity index (χ1v) is 24.9. The standard InChI is InChI=1S/C46H74O14P2/c1-3-5-7-9-11-13-15-17-18-19-20-22-24-26-28-30-32-36-45(49)56-40-44(41-59-62(54,55)58-39-43(48)38-57-61(51,52)53)60-46(50)37-33-35-42(47)34-31-29-27-25-23-21-16-14-12-10-8-6-4-2/h5,7,11-14,17-18,20-23,27,29,31,34,43-44,48H,3-4,6,8-10,15-16,19,24-26,28,30,32-33,35-41H2,1-2H3,(H,54,55)(H2,51,52,53)/b7-5-,13-11-,14-12-,18-17-,22-20-,23-21-,29-27-,34-31+/t43-,44+/m0/s1. The molecule has 1 unspecified atom stereocenters. The minimum atomic E-state index is -4.90. The molecule has 4 N–H and O–H groups in total. The fourth-order valence-corrected chi connectivity index (χ4v) is 6.27. The first-order valence-electron chi connectivity index (χ1n) is 21.9. The third-order valence-electron chi connectivity index (χ3n) is 8.42. The van der Waals surface area contributed by atoms with Crippen LogP contribution in [0.5, 0.6) is 0 Å². The lowest BCUT2D eigenvalue weighted by Gasteiger charge is -2.20. The molecule has 0 saturated heterocycles. The van der Waals surface area contributed by atoms with E-state index in [0.717, 1.165) is 70.6 Å². The van der Waals surface area contributed by atoms with Gasteiger partial charge in [0.25, 0.3) is 0 Å². The van der Waals surface area contributed by atoms with E-state index >= 15 is 0 Å². The summed E-state index contributed by atoms with van der Waals surface area (Å²) in [5, 5.41) is 9.74. The second-order valence-corrected chi connectivity index (χ2v) is 17.0. The topological polar surface area (TPSA) is 212 Å². The van der Waals surface area contributed by atoms with Crippen molar-refractivity contribution < 1.29 is 66.3 Å². The molecule has 0 amide bonds. The van der Waals surface area contributed by atoms with E-state index in [1.165, 1.54) is 25.3 Å². The summed E-state index contributed by atoms with van der Waals surface area (Å²) in [6.45, 7) is 1.29. The monoisotopic (exact) mass is 912 g/mol. The van der Waals surface area contributed by atoms with Crippen LogP contribution in [0.3, 0.4) is 0 Å². The highest BCUT2D eigenvalue weighted by Gasteiger charge is 2.28. The number of unbranched alkanes of at least 4 members (excludes halogenated alkanes) is 7. The Hall–Kier alpha value is -3.29. The van der Waals surface area contributed by atoms with Gasteiger partial charge in [-0.15, -0.1) is 0 Å². The van der Waals surface area contributed by atoms with E-state index in [1.807, 2.05) is 6.08 Å². The van der Waals surface area contributed by atoms with Crippen molar-refractivity contribution in [2.75, 3.05) is 26.4 Å². The minimum Gasteiger partial charge on any atom is -0.462 e. The van der Waals surface area contributed by atoms with Crippen molar-refractivity contribution in [1.29, 1.82) is 0 Å². The number of phosphoric ester groups is 2. The van der Waals surface area contributed by atoms with Crippen LogP contribution in [0, 0.1) is 0 Å². The van der Waals surface area contributed by atoms with Gasteiger partial charge < -0.3 is 29.3 Å². The Labute approximate surface area is 370 Å². The third kappa shape index (κ3) is 43.4. The molecular weight excluding hydrogens is 838 g/mol. The highest BCUT2D eigenvalue weighted by molar-refractivity contribution is 7.47. The van der Waals surface area contributed by atoms with Crippen LogP contribution in [0.15, 0.2) is 97.2 Å². The van der Waals surface area contributed by atoms with Crippen molar-refractivity contribution in [3.8, 4) is 0 Å². The van der Waals surface area contributed by atoms with E-state index in [9.17, 15) is 33.5 Å². The molecule has 0 aromatic rings. The fraction of sp³-hybridized carbons (Fsp3) is 0.587. The zero-order valence-electron chi connectivity index (χ0n) is 36.9. The van der Waals surface area contributed by atoms with Crippen LogP contribution in [-0.4, -0.2) is 76.1 Å². The third-order valence-corrected chi connectivity index (χ3v) is 9.86. The molecule has 352 valence electrons. The summed E-state index contributed by atoms with van der Waals surface area (Å²) < 4.78 is 47.5. The number of carbonyl (C=O) groups is 3. The number of hydrogen-bond acceptors (Lipinski definition) is 11. The smallest absolute Gasteiger partial charge is 0.462 e. The van der Waals surface area contributed by atoms with E-state index in [1.54, 1.807) is 12.2 Å². The number of phosphoric acid groups is 2. The highest BCUT2D eigenvalue weighted by atomic mass is 31.2. The van der Waals surface area contributed by atoms with Gasteiger partial charge in [-0.2, -0.15) is 0 Å². The van der Waals surface area contributed by atoms with Crippen LogP contribution in [0.1, 0.15) is 136 Å². The molecule has 14 nitrogen and oxygen atoms in total. The lowest BCUT2D eigenvalue weighted by molar-refractivity contribution is -0.161. The number of allylic oxidation sites excluding steroid dienone is 16. The highest BCUT2D eigenvalue weighted by Crippen LogP contribution is 2.43. The molecule has 62 heavy (non-hydrogen) atoms. The largest absolute Gasteiger partial charge is 0.472 e. The zero-order valence-corrected chi connectivity index (χ0v) is 38.7. The Morgan fingerprint density at radius 3 is 1.65 bits per heavy atom. The molecule has 3 atom stereocenters. The second kappa shape index (κ2) is 40.5. The first kappa shape index (κ1) is 58.7. The van der Waals surface area contributed by atoms with Crippen LogP contribution in [0.25, 0.3) is 0 Å². The van der Waals surface area contributed by atoms with Crippen molar-refractivity contribution >= 4 is 33.4 Å². The maximum absolute atomic E-state index is 12.6. The molecule has 0 aliphatic heterocycles. The molecule has 0 aromatic heterocycles. The number of ether oxygens (including phenoxy) is 2. The van der Waals surface area contributed by atoms with Crippen molar-refractivity contribution in [1.82, 2.24) is 0 Å². The van der Waals surface area contributed by atoms with Crippen LogP contribution in [-0.2, 0) is 46.6 Å². The molecular formula is C46H74O14P2. The molecule has 0 aromatic carbocycles. The molecule has 0 saturated carbocycles. The van der Waals surface area contributed by atoms with Gasteiger partial charge in [-0.1, -0.05) is 131 Å². The summed E-state index contributed by atoms with van der Waals surface area (Å²) in [6, 6.07) is 0. The van der Waals surface area contributed by atoms with Crippen LogP contribution in [0.2, 0.25) is 0 Å². The molecule has 0 spiro atoms. The van der Waals surface area contributed by atoms with Gasteiger partial charge in [-0.3, -0.25) is 28.0 Å². The molecule has 0 heterocycles. The molecule has 0 bridgehead atoms. The second-order valence-electron chi connectivity index (χ2n) is 14.3. The van der Waals surface area contributed by atoms with Crippen molar-refractivity contribution in [2.45, 2.75) is 148 Å². The molecule has 16 heteroatoms. The summed E-state index contributed by atoms with van der Waals surface area (Å²) in [5.74, 6) is -1.52. The summed E-state index contributed by atoms with van der Waals surface area (Å²) in [6.07, 6.45) is 44.1. The van der Waals surface area contributed by atoms with Crippen molar-refractivity contribution in [3.05, 3.63) is 97.2 Å². The van der Waals surface area contributed by atoms with Gasteiger partial charge >= 0.3 is 27.6 Å². The SMILES string of the molecule is CC/C=C\C/C=C\C/C=C\C/C=C\CCCCCCC(=O)OC[C@H](COP(=O)(O)OC[C@@H](O)COP(=O)(O)O)OC(=O)CCCC(=O)/C=C/C=C\C/C=C\C/C=C\CCCCC. The predicted octanol–water partition coefficient (Wildman–Crippen LogP) is 10.5. The van der Waals surface area contributed by atoms with Crippen LogP contribution < -0.4 is 0 Å². The Morgan fingerprint density at radius 1 is 0.532 bits per heavy atom. The van der Waals surface area contributed by atoms with Crippen LogP contribution >= 0.6 is 15.6 Å². The predicted molar refractivity (Wildman–Crippen MR) is 244 cm³/mol. The Morgan fingerprint density at radius 2 is 1.05 bits per heavy atom. The Balaban J connectivity index is 4.77. The summed E-state index contributed by atoms with van der Waals surface area (Å²) in [5.41, 5.74) is 0. The average molecular weight is 913 g/mol. The first-order chi connectivity index (χ1) is 29.8. The van der Waals surface area contributed by atoms with Gasteiger partial charge in [-0.05, 0) is 83.1 Å². The molecule has 0 rings (SSSR count). The number of esters is 2. The van der Waals surface area contributed by atoms with Crippen molar-refractivity contribution in [2.24, 2.45) is 0 Å². The minimum absolute atomic E-state index is 0.0667. The van der Waals surface area contributed by atoms with E-state index < -0.39 is 66.2 Å². The average Bonchev–Trinajstić information content (AvgIpc) is 3.22. The number of aliphatic hydroxyl groups is 1. The number of hydrogen-bond donors (Lipinski definition) is 4. The van der Waals surface area contributed by atoms with Gasteiger partial charge in [0.1, 0.15) is 12.7 Å². The van der Waals surface area contributed by atoms with Gasteiger partial charge in [0.05, 0.1) is 19.8 Å². The van der Waals surface area contributed by atoms with Gasteiger partial charge in [0, 0.05) is 19.3 Å². The van der Waals surface area contributed by atoms with Crippen molar-refractivity contribution in [3.63, 3.8) is 0 Å². The summed E-state index contributed by atoms with van der Waals surface area (Å²) in [4.78, 5) is 65.0. The number of aliphatic hydroxyl groups excluding tert-OH is 1. The maximum Gasteiger partial charge on any atom is 0.472 e. The fourth-order valence-electron chi connectivity index (χ4n) is 5.11. The zero-order chi connectivity index (χ0) is 46.0. The quantitative estimate of drug-likeness (QED) is 0.0112.